The maximum Gasteiger partial charge on any atom is 0.121 e. The van der Waals surface area contributed by atoms with Gasteiger partial charge in [-0.05, 0) is 56.0 Å². The van der Waals surface area contributed by atoms with E-state index in [1.807, 2.05) is 0 Å². The molecule has 0 amide bonds. The molecule has 3 nitrogen and oxygen atoms in total. The summed E-state index contributed by atoms with van der Waals surface area (Å²) in [5.74, 6) is 1.52. The van der Waals surface area contributed by atoms with Crippen molar-refractivity contribution >= 4 is 0 Å². The summed E-state index contributed by atoms with van der Waals surface area (Å²) in [7, 11) is 1.72. The molecule has 1 aromatic rings. The van der Waals surface area contributed by atoms with E-state index in [2.05, 4.69) is 37.4 Å². The largest absolute Gasteiger partial charge is 0.496 e. The molecular weight excluding hydrogens is 250 g/mol. The third-order valence-electron chi connectivity index (χ3n) is 4.03. The van der Waals surface area contributed by atoms with Crippen molar-refractivity contribution in [3.05, 3.63) is 29.3 Å². The summed E-state index contributed by atoms with van der Waals surface area (Å²) in [4.78, 5) is 0. The molecule has 20 heavy (non-hydrogen) atoms. The van der Waals surface area contributed by atoms with Gasteiger partial charge in [-0.2, -0.15) is 0 Å². The van der Waals surface area contributed by atoms with Crippen molar-refractivity contribution < 1.29 is 9.47 Å². The van der Waals surface area contributed by atoms with E-state index in [-0.39, 0.29) is 6.10 Å². The minimum atomic E-state index is 0.220. The summed E-state index contributed by atoms with van der Waals surface area (Å²) < 4.78 is 11.4. The predicted molar refractivity (Wildman–Crippen MR) is 82.3 cm³/mol. The predicted octanol–water partition coefficient (Wildman–Crippen LogP) is 3.47. The first-order valence-corrected chi connectivity index (χ1v) is 7.73. The van der Waals surface area contributed by atoms with Crippen LogP contribution in [0.2, 0.25) is 0 Å². The van der Waals surface area contributed by atoms with Crippen LogP contribution in [0.25, 0.3) is 0 Å². The minimum Gasteiger partial charge on any atom is -0.496 e. The first kappa shape index (κ1) is 15.3. The molecule has 2 atom stereocenters. The molecule has 112 valence electrons. The van der Waals surface area contributed by atoms with Gasteiger partial charge in [0.2, 0.25) is 0 Å². The van der Waals surface area contributed by atoms with E-state index in [4.69, 9.17) is 9.47 Å². The SMILES string of the molecule is CCCNCC1CCCOC1c1ccc(OC)c(C)c1. The first-order valence-electron chi connectivity index (χ1n) is 7.73. The van der Waals surface area contributed by atoms with Gasteiger partial charge < -0.3 is 14.8 Å². The summed E-state index contributed by atoms with van der Waals surface area (Å²) in [6.45, 7) is 7.30. The molecule has 0 spiro atoms. The van der Waals surface area contributed by atoms with E-state index >= 15 is 0 Å². The van der Waals surface area contributed by atoms with Crippen molar-refractivity contribution in [2.24, 2.45) is 5.92 Å². The van der Waals surface area contributed by atoms with E-state index in [0.717, 1.165) is 25.4 Å². The van der Waals surface area contributed by atoms with Crippen molar-refractivity contribution in [3.8, 4) is 5.75 Å². The van der Waals surface area contributed by atoms with Crippen LogP contribution in [-0.2, 0) is 4.74 Å². The fourth-order valence-corrected chi connectivity index (χ4v) is 2.96. The molecule has 3 heteroatoms. The van der Waals surface area contributed by atoms with Crippen molar-refractivity contribution in [2.45, 2.75) is 39.2 Å². The van der Waals surface area contributed by atoms with Crippen LogP contribution in [0.5, 0.6) is 5.75 Å². The second kappa shape index (κ2) is 7.65. The molecule has 1 saturated heterocycles. The zero-order valence-electron chi connectivity index (χ0n) is 12.9. The van der Waals surface area contributed by atoms with Gasteiger partial charge in [0.1, 0.15) is 5.75 Å². The van der Waals surface area contributed by atoms with Crippen LogP contribution < -0.4 is 10.1 Å². The number of hydrogen-bond donors (Lipinski definition) is 1. The Morgan fingerprint density at radius 3 is 2.95 bits per heavy atom. The second-order valence-electron chi connectivity index (χ2n) is 5.63. The van der Waals surface area contributed by atoms with Crippen LogP contribution in [0.4, 0.5) is 0 Å². The number of nitrogens with one attached hydrogen (secondary N) is 1. The van der Waals surface area contributed by atoms with Crippen LogP contribution >= 0.6 is 0 Å². The molecule has 1 fully saturated rings. The van der Waals surface area contributed by atoms with Gasteiger partial charge in [0.15, 0.2) is 0 Å². The van der Waals surface area contributed by atoms with Gasteiger partial charge in [-0.25, -0.2) is 0 Å². The summed E-state index contributed by atoms with van der Waals surface area (Å²) in [6, 6.07) is 6.41. The van der Waals surface area contributed by atoms with E-state index < -0.39 is 0 Å². The lowest BCUT2D eigenvalue weighted by Crippen LogP contribution is -2.32. The van der Waals surface area contributed by atoms with Crippen LogP contribution in [-0.4, -0.2) is 26.8 Å². The van der Waals surface area contributed by atoms with Crippen molar-refractivity contribution in [1.82, 2.24) is 5.32 Å². The average Bonchev–Trinajstić information content (AvgIpc) is 2.48. The van der Waals surface area contributed by atoms with Crippen LogP contribution in [0, 0.1) is 12.8 Å². The third-order valence-corrected chi connectivity index (χ3v) is 4.03. The van der Waals surface area contributed by atoms with E-state index in [0.29, 0.717) is 5.92 Å². The van der Waals surface area contributed by atoms with E-state index in [1.54, 1.807) is 7.11 Å². The molecule has 1 aliphatic rings. The van der Waals surface area contributed by atoms with Gasteiger partial charge in [-0.3, -0.25) is 0 Å². The topological polar surface area (TPSA) is 30.5 Å². The van der Waals surface area contributed by atoms with E-state index in [1.165, 1.54) is 30.4 Å². The van der Waals surface area contributed by atoms with Crippen molar-refractivity contribution in [3.63, 3.8) is 0 Å². The molecule has 2 unspecified atom stereocenters. The Morgan fingerprint density at radius 1 is 1.40 bits per heavy atom. The molecule has 0 aliphatic carbocycles. The average molecular weight is 277 g/mol. The molecule has 0 bridgehead atoms. The summed E-state index contributed by atoms with van der Waals surface area (Å²) in [5.41, 5.74) is 2.46. The maximum atomic E-state index is 6.06. The zero-order valence-corrected chi connectivity index (χ0v) is 12.9. The van der Waals surface area contributed by atoms with Gasteiger partial charge in [-0.1, -0.05) is 13.0 Å². The standard InChI is InChI=1S/C17H27NO2/c1-4-9-18-12-15-6-5-10-20-17(15)14-7-8-16(19-3)13(2)11-14/h7-8,11,15,17-18H,4-6,9-10,12H2,1-3H3. The fourth-order valence-electron chi connectivity index (χ4n) is 2.96. The number of benzene rings is 1. The molecule has 1 N–H and O–H groups in total. The third kappa shape index (κ3) is 3.74. The highest BCUT2D eigenvalue weighted by molar-refractivity contribution is 5.37. The van der Waals surface area contributed by atoms with Crippen molar-refractivity contribution in [2.75, 3.05) is 26.8 Å². The second-order valence-corrected chi connectivity index (χ2v) is 5.63. The summed E-state index contributed by atoms with van der Waals surface area (Å²) in [5, 5.41) is 3.54. The lowest BCUT2D eigenvalue weighted by Gasteiger charge is -2.32. The highest BCUT2D eigenvalue weighted by atomic mass is 16.5. The number of ether oxygens (including phenoxy) is 2. The van der Waals surface area contributed by atoms with Gasteiger partial charge in [0.05, 0.1) is 13.2 Å². The molecule has 2 rings (SSSR count). The zero-order chi connectivity index (χ0) is 14.4. The molecule has 0 radical (unpaired) electrons. The Hall–Kier alpha value is -1.06. The molecule has 0 saturated carbocycles. The van der Waals surface area contributed by atoms with Crippen LogP contribution in [0.1, 0.15) is 43.4 Å². The molecule has 1 aliphatic heterocycles. The van der Waals surface area contributed by atoms with Gasteiger partial charge in [-0.15, -0.1) is 0 Å². The monoisotopic (exact) mass is 277 g/mol. The lowest BCUT2D eigenvalue weighted by atomic mass is 9.88. The van der Waals surface area contributed by atoms with Crippen LogP contribution in [0.15, 0.2) is 18.2 Å². The maximum absolute atomic E-state index is 6.06. The molecular formula is C17H27NO2. The smallest absolute Gasteiger partial charge is 0.121 e. The number of rotatable bonds is 6. The summed E-state index contributed by atoms with van der Waals surface area (Å²) >= 11 is 0. The fraction of sp³-hybridized carbons (Fsp3) is 0.647. The Bertz CT molecular complexity index is 419. The normalized spacial score (nSPS) is 22.8. The number of aryl methyl sites for hydroxylation is 1. The van der Waals surface area contributed by atoms with Gasteiger partial charge in [0, 0.05) is 19.1 Å². The van der Waals surface area contributed by atoms with Crippen LogP contribution in [0.3, 0.4) is 0 Å². The quantitative estimate of drug-likeness (QED) is 0.808. The Morgan fingerprint density at radius 2 is 2.25 bits per heavy atom. The molecule has 1 heterocycles. The molecule has 0 aromatic heterocycles. The molecule has 1 aromatic carbocycles. The number of hydrogen-bond acceptors (Lipinski definition) is 3. The van der Waals surface area contributed by atoms with Gasteiger partial charge in [0.25, 0.3) is 0 Å². The van der Waals surface area contributed by atoms with E-state index in [9.17, 15) is 0 Å². The Labute approximate surface area is 122 Å². The highest BCUT2D eigenvalue weighted by Crippen LogP contribution is 2.35. The minimum absolute atomic E-state index is 0.220. The highest BCUT2D eigenvalue weighted by Gasteiger charge is 2.27. The van der Waals surface area contributed by atoms with Gasteiger partial charge >= 0.3 is 0 Å². The Balaban J connectivity index is 2.08. The number of methoxy groups -OCH3 is 1. The lowest BCUT2D eigenvalue weighted by molar-refractivity contribution is -0.0277. The first-order chi connectivity index (χ1) is 9.76. The Kier molecular flexibility index (Phi) is 5.86. The van der Waals surface area contributed by atoms with Crippen molar-refractivity contribution in [1.29, 1.82) is 0 Å². The summed E-state index contributed by atoms with van der Waals surface area (Å²) in [6.07, 6.45) is 3.81.